The van der Waals surface area contributed by atoms with Gasteiger partial charge in [-0.05, 0) is 41.7 Å². The number of halogens is 1. The molecular formula is C27H21ClN2OS. The molecular weight excluding hydrogens is 436 g/mol. The molecule has 5 heteroatoms. The van der Waals surface area contributed by atoms with Crippen LogP contribution in [0.4, 0.5) is 5.13 Å². The summed E-state index contributed by atoms with van der Waals surface area (Å²) in [6, 6.07) is 24.8. The van der Waals surface area contributed by atoms with Gasteiger partial charge in [0.05, 0.1) is 11.1 Å². The molecule has 0 fully saturated rings. The van der Waals surface area contributed by atoms with Crippen molar-refractivity contribution in [1.82, 2.24) is 4.98 Å². The number of hydrogen-bond acceptors (Lipinski definition) is 3. The lowest BCUT2D eigenvalue weighted by atomic mass is 9.52. The van der Waals surface area contributed by atoms with Crippen LogP contribution in [-0.2, 0) is 4.79 Å². The summed E-state index contributed by atoms with van der Waals surface area (Å²) in [6.45, 7) is 2.11. The number of benzene rings is 3. The van der Waals surface area contributed by atoms with Gasteiger partial charge in [-0.2, -0.15) is 0 Å². The maximum absolute atomic E-state index is 13.7. The monoisotopic (exact) mass is 456 g/mol. The van der Waals surface area contributed by atoms with Crippen LogP contribution in [0.3, 0.4) is 0 Å². The molecule has 1 atom stereocenters. The van der Waals surface area contributed by atoms with Crippen molar-refractivity contribution >= 4 is 34.0 Å². The molecule has 1 heterocycles. The van der Waals surface area contributed by atoms with Crippen molar-refractivity contribution in [3.8, 4) is 11.3 Å². The molecule has 2 bridgehead atoms. The second-order valence-corrected chi connectivity index (χ2v) is 10.1. The molecule has 1 aromatic heterocycles. The van der Waals surface area contributed by atoms with E-state index in [0.29, 0.717) is 10.2 Å². The Labute approximate surface area is 196 Å². The summed E-state index contributed by atoms with van der Waals surface area (Å²) in [6.07, 6.45) is 0.792. The fraction of sp³-hybridized carbons (Fsp3) is 0.185. The number of nitrogens with zero attached hydrogens (tertiary/aromatic N) is 1. The minimum absolute atomic E-state index is 0.0246. The molecule has 0 saturated carbocycles. The van der Waals surface area contributed by atoms with Crippen LogP contribution in [0.5, 0.6) is 0 Å². The quantitative estimate of drug-likeness (QED) is 0.357. The van der Waals surface area contributed by atoms with Crippen molar-refractivity contribution in [2.75, 3.05) is 5.32 Å². The SMILES string of the molecule is CC1(C(=O)Nc2nc(-c3ccccc3Cl)cs2)CC2c3ccccc3C1c1ccccc12. The lowest BCUT2D eigenvalue weighted by Gasteiger charge is -2.50. The number of rotatable bonds is 3. The standard InChI is InChI=1S/C27H21ClN2OS/c1-27(25(31)30-26-29-23(15-32-26)20-12-6-7-13-22(20)28)14-21-16-8-2-4-10-18(16)24(27)19-11-5-3-9-17(19)21/h2-13,15,21,24H,14H2,1H3,(H,29,30,31). The van der Waals surface area contributed by atoms with Crippen molar-refractivity contribution in [2.24, 2.45) is 5.41 Å². The average Bonchev–Trinajstić information content (AvgIpc) is 3.27. The predicted molar refractivity (Wildman–Crippen MR) is 130 cm³/mol. The maximum atomic E-state index is 13.7. The molecule has 7 rings (SSSR count). The smallest absolute Gasteiger partial charge is 0.233 e. The van der Waals surface area contributed by atoms with E-state index >= 15 is 0 Å². The van der Waals surface area contributed by atoms with E-state index in [9.17, 15) is 4.79 Å². The first-order valence-electron chi connectivity index (χ1n) is 10.8. The largest absolute Gasteiger partial charge is 0.301 e. The first kappa shape index (κ1) is 19.7. The molecule has 4 aromatic rings. The number of fused-ring (bicyclic) bond motifs is 1. The summed E-state index contributed by atoms with van der Waals surface area (Å²) in [5, 5.41) is 6.33. The van der Waals surface area contributed by atoms with Gasteiger partial charge in [0, 0.05) is 27.8 Å². The fourth-order valence-corrected chi connectivity index (χ4v) is 6.49. The van der Waals surface area contributed by atoms with Crippen LogP contribution in [0, 0.1) is 5.41 Å². The third kappa shape index (κ3) is 2.86. The highest BCUT2D eigenvalue weighted by molar-refractivity contribution is 7.14. The molecule has 32 heavy (non-hydrogen) atoms. The topological polar surface area (TPSA) is 42.0 Å². The van der Waals surface area contributed by atoms with E-state index in [1.54, 1.807) is 0 Å². The van der Waals surface area contributed by atoms with Crippen molar-refractivity contribution in [2.45, 2.75) is 25.2 Å². The summed E-state index contributed by atoms with van der Waals surface area (Å²) in [5.41, 5.74) is 6.36. The Bertz CT molecular complexity index is 1320. The molecule has 3 aliphatic rings. The number of nitrogens with one attached hydrogen (secondary N) is 1. The number of carbonyl (C=O) groups is 1. The Kier molecular flexibility index (Phi) is 4.49. The van der Waals surface area contributed by atoms with Gasteiger partial charge in [0.25, 0.3) is 0 Å². The zero-order chi connectivity index (χ0) is 21.9. The lowest BCUT2D eigenvalue weighted by Crippen LogP contribution is -2.47. The first-order chi connectivity index (χ1) is 15.6. The van der Waals surface area contributed by atoms with Crippen LogP contribution in [0.25, 0.3) is 11.3 Å². The molecule has 0 aliphatic heterocycles. The van der Waals surface area contributed by atoms with Gasteiger partial charge in [0.2, 0.25) is 5.91 Å². The highest BCUT2D eigenvalue weighted by atomic mass is 35.5. The molecule has 0 radical (unpaired) electrons. The van der Waals surface area contributed by atoms with Crippen LogP contribution in [0.15, 0.2) is 78.2 Å². The van der Waals surface area contributed by atoms with E-state index in [1.165, 1.54) is 33.6 Å². The van der Waals surface area contributed by atoms with E-state index in [0.717, 1.165) is 17.7 Å². The van der Waals surface area contributed by atoms with Gasteiger partial charge in [-0.25, -0.2) is 4.98 Å². The minimum Gasteiger partial charge on any atom is -0.301 e. The Morgan fingerprint density at radius 3 is 2.22 bits per heavy atom. The fourth-order valence-electron chi connectivity index (χ4n) is 5.55. The zero-order valence-electron chi connectivity index (χ0n) is 17.5. The van der Waals surface area contributed by atoms with E-state index in [-0.39, 0.29) is 17.7 Å². The van der Waals surface area contributed by atoms with Crippen molar-refractivity contribution in [3.05, 3.63) is 105 Å². The van der Waals surface area contributed by atoms with Crippen LogP contribution >= 0.6 is 22.9 Å². The Morgan fingerprint density at radius 1 is 0.969 bits per heavy atom. The van der Waals surface area contributed by atoms with Gasteiger partial charge < -0.3 is 5.32 Å². The maximum Gasteiger partial charge on any atom is 0.233 e. The summed E-state index contributed by atoms with van der Waals surface area (Å²) < 4.78 is 0. The lowest BCUT2D eigenvalue weighted by molar-refractivity contribution is -0.126. The summed E-state index contributed by atoms with van der Waals surface area (Å²) in [4.78, 5) is 18.4. The van der Waals surface area contributed by atoms with Crippen LogP contribution in [0.2, 0.25) is 5.02 Å². The second kappa shape index (κ2) is 7.29. The molecule has 1 N–H and O–H groups in total. The molecule has 1 unspecified atom stereocenters. The highest BCUT2D eigenvalue weighted by Crippen LogP contribution is 2.61. The Hall–Kier alpha value is -2.95. The van der Waals surface area contributed by atoms with Gasteiger partial charge in [0.15, 0.2) is 5.13 Å². The third-order valence-electron chi connectivity index (χ3n) is 7.02. The second-order valence-electron chi connectivity index (χ2n) is 8.84. The van der Waals surface area contributed by atoms with Gasteiger partial charge in [-0.1, -0.05) is 78.3 Å². The minimum atomic E-state index is -0.552. The van der Waals surface area contributed by atoms with Crippen molar-refractivity contribution in [3.63, 3.8) is 0 Å². The van der Waals surface area contributed by atoms with Gasteiger partial charge >= 0.3 is 0 Å². The van der Waals surface area contributed by atoms with Crippen LogP contribution in [0.1, 0.15) is 47.4 Å². The van der Waals surface area contributed by atoms with E-state index in [1.807, 2.05) is 29.6 Å². The number of amides is 1. The van der Waals surface area contributed by atoms with Gasteiger partial charge in [0.1, 0.15) is 0 Å². The van der Waals surface area contributed by atoms with Crippen molar-refractivity contribution in [1.29, 1.82) is 0 Å². The number of carbonyl (C=O) groups excluding carboxylic acids is 1. The normalized spacial score (nSPS) is 22.8. The van der Waals surface area contributed by atoms with E-state index in [4.69, 9.17) is 11.6 Å². The average molecular weight is 457 g/mol. The molecule has 0 spiro atoms. The molecule has 158 valence electrons. The molecule has 3 aliphatic carbocycles. The molecule has 0 saturated heterocycles. The van der Waals surface area contributed by atoms with E-state index in [2.05, 4.69) is 65.8 Å². The number of aromatic nitrogens is 1. The summed E-state index contributed by atoms with van der Waals surface area (Å²) >= 11 is 7.77. The number of anilines is 1. The molecule has 3 nitrogen and oxygen atoms in total. The summed E-state index contributed by atoms with van der Waals surface area (Å²) in [5.74, 6) is 0.289. The van der Waals surface area contributed by atoms with Crippen LogP contribution < -0.4 is 5.32 Å². The van der Waals surface area contributed by atoms with Gasteiger partial charge in [-0.15, -0.1) is 11.3 Å². The third-order valence-corrected chi connectivity index (χ3v) is 8.11. The van der Waals surface area contributed by atoms with Crippen molar-refractivity contribution < 1.29 is 4.79 Å². The number of hydrogen-bond donors (Lipinski definition) is 1. The molecule has 1 amide bonds. The zero-order valence-corrected chi connectivity index (χ0v) is 19.1. The number of thiazole rings is 1. The first-order valence-corrected chi connectivity index (χ1v) is 12.0. The molecule has 3 aromatic carbocycles. The summed E-state index contributed by atoms with van der Waals surface area (Å²) in [7, 11) is 0. The van der Waals surface area contributed by atoms with Crippen LogP contribution in [-0.4, -0.2) is 10.9 Å². The highest BCUT2D eigenvalue weighted by Gasteiger charge is 2.53. The predicted octanol–water partition coefficient (Wildman–Crippen LogP) is 7.09. The Balaban J connectivity index is 1.36. The van der Waals surface area contributed by atoms with E-state index < -0.39 is 5.41 Å². The Morgan fingerprint density at radius 2 is 1.56 bits per heavy atom. The van der Waals surface area contributed by atoms with Gasteiger partial charge in [-0.3, -0.25) is 4.79 Å².